The molecule has 0 heterocycles. The fraction of sp³-hybridized carbons (Fsp3) is 0.701. The van der Waals surface area contributed by atoms with E-state index in [-0.39, 0.29) is 25.7 Å². The molecule has 17 nitrogen and oxygen atoms in total. The number of hydrogen-bond acceptors (Lipinski definition) is 15. The van der Waals surface area contributed by atoms with Crippen LogP contribution in [0.5, 0.6) is 0 Å². The van der Waals surface area contributed by atoms with E-state index in [9.17, 15) is 43.2 Å². The first-order valence-corrected chi connectivity index (χ1v) is 44.4. The first-order valence-electron chi connectivity index (χ1n) is 41.4. The molecule has 0 aromatic carbocycles. The Morgan fingerprint density at radius 3 is 0.755 bits per heavy atom. The van der Waals surface area contributed by atoms with Gasteiger partial charge in [-0.05, 0) is 135 Å². The van der Waals surface area contributed by atoms with Gasteiger partial charge in [0.25, 0.3) is 0 Å². The van der Waals surface area contributed by atoms with E-state index in [0.717, 1.165) is 193 Å². The largest absolute Gasteiger partial charge is 0.472 e. The van der Waals surface area contributed by atoms with Crippen molar-refractivity contribution in [1.82, 2.24) is 0 Å². The zero-order valence-electron chi connectivity index (χ0n) is 66.6. The summed E-state index contributed by atoms with van der Waals surface area (Å²) in [6, 6.07) is 0. The van der Waals surface area contributed by atoms with E-state index in [1.807, 2.05) is 0 Å². The monoisotopic (exact) mass is 1530 g/mol. The van der Waals surface area contributed by atoms with Gasteiger partial charge in [-0.15, -0.1) is 0 Å². The molecule has 5 unspecified atom stereocenters. The van der Waals surface area contributed by atoms with Gasteiger partial charge in [-0.1, -0.05) is 309 Å². The molecule has 0 aliphatic rings. The highest BCUT2D eigenvalue weighted by Crippen LogP contribution is 2.45. The van der Waals surface area contributed by atoms with Gasteiger partial charge in [0.05, 0.1) is 26.4 Å². The maximum absolute atomic E-state index is 13.1. The molecule has 608 valence electrons. The Hall–Kier alpha value is -4.80. The molecular weight excluding hydrogens is 1380 g/mol. The number of carbonyl (C=O) groups excluding carboxylic acids is 4. The lowest BCUT2D eigenvalue weighted by molar-refractivity contribution is -0.161. The van der Waals surface area contributed by atoms with Gasteiger partial charge in [0.1, 0.15) is 19.3 Å². The lowest BCUT2D eigenvalue weighted by Gasteiger charge is -2.21. The van der Waals surface area contributed by atoms with E-state index in [1.165, 1.54) is 64.2 Å². The van der Waals surface area contributed by atoms with E-state index in [1.54, 1.807) is 0 Å². The van der Waals surface area contributed by atoms with Gasteiger partial charge in [0.2, 0.25) is 0 Å². The SMILES string of the molecule is CC/C=C\C/C=C\C/C=C\C/C=C\CCCCCCCCC(=O)OCC(COP(=O)(O)OCC(O)COP(=O)(O)OCC(COC(=O)CCCCCC/C=C\C/C=C\C/C=C\C/C=C\CC)OC(=O)CCCCCCC/C=C\C/C=C\C/C=C\CC)OC(=O)CCCCCCCCCCCCCCCCC. The Morgan fingerprint density at radius 2 is 0.491 bits per heavy atom. The van der Waals surface area contributed by atoms with E-state index in [2.05, 4.69) is 161 Å². The van der Waals surface area contributed by atoms with Crippen molar-refractivity contribution in [1.29, 1.82) is 0 Å². The molecule has 0 saturated heterocycles. The number of rotatable bonds is 77. The highest BCUT2D eigenvalue weighted by atomic mass is 31.2. The number of phosphoric acid groups is 2. The quantitative estimate of drug-likeness (QED) is 0.0169. The first-order chi connectivity index (χ1) is 51.7. The summed E-state index contributed by atoms with van der Waals surface area (Å²) < 4.78 is 68.7. The van der Waals surface area contributed by atoms with Crippen LogP contribution in [0, 0.1) is 0 Å². The van der Waals surface area contributed by atoms with Crippen LogP contribution in [0.4, 0.5) is 0 Å². The number of phosphoric ester groups is 2. The van der Waals surface area contributed by atoms with E-state index in [0.29, 0.717) is 25.7 Å². The molecule has 0 rings (SSSR count). The Morgan fingerprint density at radius 1 is 0.274 bits per heavy atom. The smallest absolute Gasteiger partial charge is 0.462 e. The van der Waals surface area contributed by atoms with Gasteiger partial charge < -0.3 is 33.8 Å². The molecule has 0 aromatic heterocycles. The second-order valence-electron chi connectivity index (χ2n) is 27.3. The van der Waals surface area contributed by atoms with Crippen LogP contribution < -0.4 is 0 Å². The van der Waals surface area contributed by atoms with E-state index in [4.69, 9.17) is 37.0 Å². The van der Waals surface area contributed by atoms with Gasteiger partial charge >= 0.3 is 39.5 Å². The Balaban J connectivity index is 5.40. The standard InChI is InChI=1S/C87H148O17P2/c1-5-9-13-17-21-25-29-33-37-39-40-42-46-48-52-56-60-64-68-72-85(90)98-78-83(104-87(92)74-70-66-62-58-54-50-44-36-32-28-24-20-16-12-8-4)80-102-106(95,96)100-76-81(88)75-99-105(93,94)101-79-82(103-86(91)73-69-65-61-57-53-49-43-35-31-27-23-19-15-11-7-3)77-97-84(89)71-67-63-59-55-51-47-45-41-38-34-30-26-22-18-14-10-6-2/h9-11,13-15,21-23,25-27,33-35,37-38,40,42-43,45,47,81-83,88H,5-8,12,16-20,24,28-32,36,39,41,44,46,48-80H2,1-4H3,(H,93,94)(H,95,96)/b13-9-,14-10-,15-11-,25-21-,26-22-,27-23-,37-33-,38-34-,42-40-,43-35-,47-45-. The predicted octanol–water partition coefficient (Wildman–Crippen LogP) is 24.4. The molecule has 0 saturated carbocycles. The molecule has 0 aliphatic heterocycles. The van der Waals surface area contributed by atoms with Crippen molar-refractivity contribution in [2.24, 2.45) is 0 Å². The molecule has 106 heavy (non-hydrogen) atoms. The average molecular weight is 1530 g/mol. The molecule has 0 aliphatic carbocycles. The van der Waals surface area contributed by atoms with Crippen LogP contribution in [-0.4, -0.2) is 96.7 Å². The van der Waals surface area contributed by atoms with Crippen molar-refractivity contribution >= 4 is 39.5 Å². The number of ether oxygens (including phenoxy) is 4. The molecule has 0 amide bonds. The minimum Gasteiger partial charge on any atom is -0.462 e. The van der Waals surface area contributed by atoms with Crippen LogP contribution in [0.1, 0.15) is 336 Å². The number of unbranched alkanes of at least 4 members (excludes halogenated alkanes) is 29. The van der Waals surface area contributed by atoms with Crippen LogP contribution >= 0.6 is 15.6 Å². The molecule has 0 radical (unpaired) electrons. The van der Waals surface area contributed by atoms with Crippen LogP contribution in [-0.2, 0) is 65.4 Å². The van der Waals surface area contributed by atoms with E-state index < -0.39 is 97.5 Å². The van der Waals surface area contributed by atoms with Gasteiger partial charge in [-0.3, -0.25) is 37.3 Å². The second-order valence-corrected chi connectivity index (χ2v) is 30.2. The summed E-state index contributed by atoms with van der Waals surface area (Å²) >= 11 is 0. The number of esters is 4. The number of aliphatic hydroxyl groups is 1. The number of aliphatic hydroxyl groups excluding tert-OH is 1. The topological polar surface area (TPSA) is 237 Å². The fourth-order valence-electron chi connectivity index (χ4n) is 10.9. The highest BCUT2D eigenvalue weighted by molar-refractivity contribution is 7.47. The van der Waals surface area contributed by atoms with Crippen molar-refractivity contribution in [3.63, 3.8) is 0 Å². The van der Waals surface area contributed by atoms with Crippen LogP contribution in [0.25, 0.3) is 0 Å². The minimum atomic E-state index is -4.99. The third kappa shape index (κ3) is 77.4. The van der Waals surface area contributed by atoms with Crippen LogP contribution in [0.15, 0.2) is 134 Å². The van der Waals surface area contributed by atoms with Crippen molar-refractivity contribution in [3.8, 4) is 0 Å². The number of allylic oxidation sites excluding steroid dienone is 22. The van der Waals surface area contributed by atoms with Crippen LogP contribution in [0.2, 0.25) is 0 Å². The molecular formula is C87H148O17P2. The summed E-state index contributed by atoms with van der Waals surface area (Å²) in [6.45, 7) is 4.51. The molecule has 0 fully saturated rings. The van der Waals surface area contributed by atoms with E-state index >= 15 is 0 Å². The summed E-state index contributed by atoms with van der Waals surface area (Å²) in [5.41, 5.74) is 0. The molecule has 0 aromatic rings. The Bertz CT molecular complexity index is 2530. The summed E-state index contributed by atoms with van der Waals surface area (Å²) in [5.74, 6) is -2.22. The predicted molar refractivity (Wildman–Crippen MR) is 436 cm³/mol. The molecule has 0 bridgehead atoms. The third-order valence-electron chi connectivity index (χ3n) is 17.1. The fourth-order valence-corrected chi connectivity index (χ4v) is 12.5. The summed E-state index contributed by atoms with van der Waals surface area (Å²) in [4.78, 5) is 73.2. The maximum atomic E-state index is 13.1. The zero-order chi connectivity index (χ0) is 77.4. The van der Waals surface area contributed by atoms with Gasteiger partial charge in [0, 0.05) is 25.7 Å². The summed E-state index contributed by atoms with van der Waals surface area (Å²) in [7, 11) is -9.98. The number of carbonyl (C=O) groups is 4. The van der Waals surface area contributed by atoms with Gasteiger partial charge in [-0.2, -0.15) is 0 Å². The summed E-state index contributed by atoms with van der Waals surface area (Å²) in [5, 5.41) is 10.7. The lowest BCUT2D eigenvalue weighted by Crippen LogP contribution is -2.30. The van der Waals surface area contributed by atoms with Gasteiger partial charge in [0.15, 0.2) is 12.2 Å². The first kappa shape index (κ1) is 101. The third-order valence-corrected chi connectivity index (χ3v) is 19.0. The Labute approximate surface area is 644 Å². The highest BCUT2D eigenvalue weighted by Gasteiger charge is 2.30. The van der Waals surface area contributed by atoms with Crippen LogP contribution in [0.3, 0.4) is 0 Å². The number of hydrogen-bond donors (Lipinski definition) is 3. The maximum Gasteiger partial charge on any atom is 0.472 e. The van der Waals surface area contributed by atoms with Crippen molar-refractivity contribution in [2.75, 3.05) is 39.6 Å². The zero-order valence-corrected chi connectivity index (χ0v) is 68.4. The molecule has 5 atom stereocenters. The normalized spacial score (nSPS) is 14.5. The minimum absolute atomic E-state index is 0.0671. The van der Waals surface area contributed by atoms with Crippen molar-refractivity contribution in [2.45, 2.75) is 354 Å². The molecule has 0 spiro atoms. The van der Waals surface area contributed by atoms with Crippen molar-refractivity contribution in [3.05, 3.63) is 134 Å². The summed E-state index contributed by atoms with van der Waals surface area (Å²) in [6.07, 6.45) is 88.4. The molecule has 19 heteroatoms. The lowest BCUT2D eigenvalue weighted by atomic mass is 10.0. The Kier molecular flexibility index (Phi) is 74.8. The molecule has 3 N–H and O–H groups in total. The van der Waals surface area contributed by atoms with Crippen molar-refractivity contribution < 1.29 is 80.2 Å². The average Bonchev–Trinajstić information content (AvgIpc) is 0.909. The second kappa shape index (κ2) is 78.3. The van der Waals surface area contributed by atoms with Gasteiger partial charge in [-0.25, -0.2) is 9.13 Å².